The summed E-state index contributed by atoms with van der Waals surface area (Å²) in [6.07, 6.45) is 0.920. The van der Waals surface area contributed by atoms with Crippen LogP contribution in [-0.4, -0.2) is 51.8 Å². The van der Waals surface area contributed by atoms with E-state index < -0.39 is 23.5 Å². The number of nitrogens with two attached hydrogens (primary N) is 2. The minimum absolute atomic E-state index is 0.0339. The van der Waals surface area contributed by atoms with E-state index in [0.29, 0.717) is 18.8 Å². The van der Waals surface area contributed by atoms with E-state index in [2.05, 4.69) is 10.1 Å². The fourth-order valence-corrected chi connectivity index (χ4v) is 4.12. The predicted octanol–water partition coefficient (Wildman–Crippen LogP) is 1.94. The molecular weight excluding hydrogens is 439 g/mol. The summed E-state index contributed by atoms with van der Waals surface area (Å²) >= 11 is 0.911. The first-order chi connectivity index (χ1) is 15.3. The Morgan fingerprint density at radius 1 is 1.25 bits per heavy atom. The molecule has 1 unspecified atom stereocenters. The van der Waals surface area contributed by atoms with Gasteiger partial charge in [-0.25, -0.2) is 9.37 Å². The molecule has 1 fully saturated rings. The Hall–Kier alpha value is -3.80. The molecule has 1 saturated heterocycles. The number of likely N-dealkylation sites (tertiary alicyclic amines) is 1. The zero-order chi connectivity index (χ0) is 23.0. The summed E-state index contributed by atoms with van der Waals surface area (Å²) in [5, 5.41) is 3.90. The highest BCUT2D eigenvalue weighted by Gasteiger charge is 2.30. The fourth-order valence-electron chi connectivity index (χ4n) is 3.09. The second-order valence-corrected chi connectivity index (χ2v) is 8.16. The number of nitrogens with zero attached hydrogens (tertiary/aromatic N) is 4. The normalized spacial score (nSPS) is 14.0. The average Bonchev–Trinajstić information content (AvgIpc) is 3.35. The maximum Gasteiger partial charge on any atom is 0.276 e. The van der Waals surface area contributed by atoms with Crippen LogP contribution >= 0.6 is 11.3 Å². The quantitative estimate of drug-likeness (QED) is 0.510. The molecule has 1 atom stereocenters. The highest BCUT2D eigenvalue weighted by molar-refractivity contribution is 7.18. The standard InChI is InChI=1S/C20H19FN6O4S/c1-10(18(23)29)27(12-5-3-11(21)4-6-12)20-24-17(22)16(32-20)15(28)14-9-13(25-31-14)19(30)26-7-2-8-26/h3-6,9-10H,2,7-8,22H2,1H3,(H2,23,29). The lowest BCUT2D eigenvalue weighted by Gasteiger charge is -2.29. The third kappa shape index (κ3) is 3.91. The summed E-state index contributed by atoms with van der Waals surface area (Å²) in [7, 11) is 0. The maximum atomic E-state index is 13.4. The van der Waals surface area contributed by atoms with E-state index in [0.717, 1.165) is 17.8 Å². The maximum absolute atomic E-state index is 13.4. The Morgan fingerprint density at radius 3 is 2.53 bits per heavy atom. The van der Waals surface area contributed by atoms with Crippen LogP contribution in [0.3, 0.4) is 0 Å². The molecule has 0 saturated carbocycles. The van der Waals surface area contributed by atoms with Crippen LogP contribution in [0.2, 0.25) is 0 Å². The van der Waals surface area contributed by atoms with Crippen molar-refractivity contribution in [2.45, 2.75) is 19.4 Å². The number of halogens is 1. The van der Waals surface area contributed by atoms with Gasteiger partial charge in [-0.15, -0.1) is 0 Å². The molecule has 0 bridgehead atoms. The molecule has 2 aromatic heterocycles. The van der Waals surface area contributed by atoms with Crippen molar-refractivity contribution in [3.63, 3.8) is 0 Å². The molecule has 0 spiro atoms. The Bertz CT molecular complexity index is 1190. The molecule has 0 aliphatic carbocycles. The van der Waals surface area contributed by atoms with Gasteiger partial charge in [-0.3, -0.25) is 14.4 Å². The fraction of sp³-hybridized carbons (Fsp3) is 0.250. The lowest BCUT2D eigenvalue weighted by atomic mass is 10.2. The van der Waals surface area contributed by atoms with Crippen LogP contribution < -0.4 is 16.4 Å². The Labute approximate surface area is 185 Å². The summed E-state index contributed by atoms with van der Waals surface area (Å²) in [6, 6.07) is 5.77. The van der Waals surface area contributed by atoms with Crippen molar-refractivity contribution in [1.29, 1.82) is 0 Å². The van der Waals surface area contributed by atoms with Crippen molar-refractivity contribution in [2.24, 2.45) is 5.73 Å². The van der Waals surface area contributed by atoms with Crippen molar-refractivity contribution < 1.29 is 23.3 Å². The molecular formula is C20H19FN6O4S. The number of anilines is 3. The van der Waals surface area contributed by atoms with Gasteiger partial charge in [0.1, 0.15) is 22.6 Å². The number of nitrogen functional groups attached to an aromatic ring is 1. The summed E-state index contributed by atoms with van der Waals surface area (Å²) in [5.74, 6) is -2.27. The molecule has 10 nitrogen and oxygen atoms in total. The molecule has 166 valence electrons. The van der Waals surface area contributed by atoms with Crippen LogP contribution in [0.5, 0.6) is 0 Å². The van der Waals surface area contributed by atoms with Gasteiger partial charge in [-0.2, -0.15) is 0 Å². The molecule has 3 heterocycles. The summed E-state index contributed by atoms with van der Waals surface area (Å²) in [4.78, 5) is 44.4. The minimum atomic E-state index is -0.861. The second-order valence-electron chi connectivity index (χ2n) is 7.19. The summed E-state index contributed by atoms with van der Waals surface area (Å²) in [5.41, 5.74) is 11.9. The van der Waals surface area contributed by atoms with Gasteiger partial charge in [0.05, 0.1) is 0 Å². The van der Waals surface area contributed by atoms with Gasteiger partial charge in [0.25, 0.3) is 5.91 Å². The van der Waals surface area contributed by atoms with E-state index >= 15 is 0 Å². The number of ketones is 1. The Balaban J connectivity index is 1.65. The molecule has 3 aromatic rings. The van der Waals surface area contributed by atoms with Gasteiger partial charge in [0, 0.05) is 24.8 Å². The molecule has 1 aliphatic rings. The number of aromatic nitrogens is 2. The van der Waals surface area contributed by atoms with Gasteiger partial charge in [-0.1, -0.05) is 16.5 Å². The van der Waals surface area contributed by atoms with Crippen LogP contribution in [-0.2, 0) is 4.79 Å². The van der Waals surface area contributed by atoms with Gasteiger partial charge in [0.15, 0.2) is 10.8 Å². The molecule has 0 radical (unpaired) electrons. The first-order valence-electron chi connectivity index (χ1n) is 9.67. The van der Waals surface area contributed by atoms with Crippen LogP contribution in [0.1, 0.15) is 39.3 Å². The molecule has 1 aromatic carbocycles. The SMILES string of the molecule is CC(C(N)=O)N(c1ccc(F)cc1)c1nc(N)c(C(=O)c2cc(C(=O)N3CCC3)no2)s1. The molecule has 4 N–H and O–H groups in total. The number of benzene rings is 1. The van der Waals surface area contributed by atoms with Gasteiger partial charge >= 0.3 is 0 Å². The number of thiazole rings is 1. The summed E-state index contributed by atoms with van der Waals surface area (Å²) < 4.78 is 18.5. The molecule has 12 heteroatoms. The largest absolute Gasteiger partial charge is 0.382 e. The number of carbonyl (C=O) groups is 3. The Kier molecular flexibility index (Phi) is 5.61. The van der Waals surface area contributed by atoms with Gasteiger partial charge in [-0.05, 0) is 37.6 Å². The highest BCUT2D eigenvalue weighted by atomic mass is 32.1. The van der Waals surface area contributed by atoms with E-state index in [1.165, 1.54) is 35.2 Å². The molecule has 1 aliphatic heterocycles. The number of hydrogen-bond donors (Lipinski definition) is 2. The highest BCUT2D eigenvalue weighted by Crippen LogP contribution is 2.36. The van der Waals surface area contributed by atoms with Gasteiger partial charge < -0.3 is 25.8 Å². The van der Waals surface area contributed by atoms with Crippen LogP contribution in [0.4, 0.5) is 21.0 Å². The number of amides is 2. The first-order valence-corrected chi connectivity index (χ1v) is 10.5. The minimum Gasteiger partial charge on any atom is -0.382 e. The van der Waals surface area contributed by atoms with E-state index in [1.54, 1.807) is 11.8 Å². The van der Waals surface area contributed by atoms with E-state index in [1.807, 2.05) is 0 Å². The van der Waals surface area contributed by atoms with Crippen LogP contribution in [0, 0.1) is 5.82 Å². The zero-order valence-corrected chi connectivity index (χ0v) is 17.8. The van der Waals surface area contributed by atoms with E-state index in [-0.39, 0.29) is 33.2 Å². The van der Waals surface area contributed by atoms with Crippen molar-refractivity contribution in [3.8, 4) is 0 Å². The summed E-state index contributed by atoms with van der Waals surface area (Å²) in [6.45, 7) is 2.82. The van der Waals surface area contributed by atoms with Crippen molar-refractivity contribution in [2.75, 3.05) is 23.7 Å². The van der Waals surface area contributed by atoms with E-state index in [9.17, 15) is 18.8 Å². The van der Waals surface area contributed by atoms with Gasteiger partial charge in [0.2, 0.25) is 17.5 Å². The first kappa shape index (κ1) is 21.4. The monoisotopic (exact) mass is 458 g/mol. The zero-order valence-electron chi connectivity index (χ0n) is 16.9. The number of rotatable bonds is 7. The van der Waals surface area contributed by atoms with E-state index in [4.69, 9.17) is 16.0 Å². The number of hydrogen-bond acceptors (Lipinski definition) is 9. The smallest absolute Gasteiger partial charge is 0.276 e. The molecule has 4 rings (SSSR count). The molecule has 32 heavy (non-hydrogen) atoms. The second kappa shape index (κ2) is 8.38. The third-order valence-corrected chi connectivity index (χ3v) is 6.12. The molecule has 2 amide bonds. The lowest BCUT2D eigenvalue weighted by Crippen LogP contribution is -2.42. The van der Waals surface area contributed by atoms with Crippen LogP contribution in [0.15, 0.2) is 34.9 Å². The van der Waals surface area contributed by atoms with Crippen molar-refractivity contribution in [1.82, 2.24) is 15.0 Å². The lowest BCUT2D eigenvalue weighted by molar-refractivity contribution is -0.118. The third-order valence-electron chi connectivity index (χ3n) is 5.05. The topological polar surface area (TPSA) is 149 Å². The van der Waals surface area contributed by atoms with Crippen molar-refractivity contribution >= 4 is 45.6 Å². The average molecular weight is 458 g/mol. The van der Waals surface area contributed by atoms with Crippen LogP contribution in [0.25, 0.3) is 0 Å². The van der Waals surface area contributed by atoms with Crippen molar-refractivity contribution in [3.05, 3.63) is 52.5 Å². The Morgan fingerprint density at radius 2 is 1.94 bits per heavy atom. The number of carbonyl (C=O) groups excluding carboxylic acids is 3. The predicted molar refractivity (Wildman–Crippen MR) is 114 cm³/mol. The number of primary amides is 1.